The number of esters is 1. The molecule has 0 heterocycles. The van der Waals surface area contributed by atoms with E-state index in [0.29, 0.717) is 19.3 Å². The number of carbonyl (C=O) groups is 3. The predicted octanol–water partition coefficient (Wildman–Crippen LogP) is 2.53. The molecular formula is C18H32N2O5. The van der Waals surface area contributed by atoms with E-state index in [1.807, 2.05) is 13.8 Å². The summed E-state index contributed by atoms with van der Waals surface area (Å²) in [6.07, 6.45) is 2.55. The van der Waals surface area contributed by atoms with Crippen LogP contribution in [0.15, 0.2) is 0 Å². The molecule has 0 aromatic carbocycles. The van der Waals surface area contributed by atoms with Crippen LogP contribution in [-0.2, 0) is 19.1 Å². The highest BCUT2D eigenvalue weighted by Gasteiger charge is 2.44. The number of methoxy groups -OCH3 is 1. The van der Waals surface area contributed by atoms with Gasteiger partial charge in [0.15, 0.2) is 0 Å². The van der Waals surface area contributed by atoms with Crippen LogP contribution in [0.25, 0.3) is 0 Å². The van der Waals surface area contributed by atoms with Crippen LogP contribution in [0.5, 0.6) is 0 Å². The molecule has 0 radical (unpaired) electrons. The van der Waals surface area contributed by atoms with Crippen molar-refractivity contribution in [2.75, 3.05) is 7.11 Å². The maximum Gasteiger partial charge on any atom is 0.408 e. The Labute approximate surface area is 150 Å². The minimum Gasteiger partial charge on any atom is -0.467 e. The van der Waals surface area contributed by atoms with Crippen molar-refractivity contribution >= 4 is 18.0 Å². The molecule has 0 unspecified atom stereocenters. The van der Waals surface area contributed by atoms with Crippen LogP contribution >= 0.6 is 0 Å². The molecule has 1 fully saturated rings. The lowest BCUT2D eigenvalue weighted by Crippen LogP contribution is -2.60. The van der Waals surface area contributed by atoms with Crippen molar-refractivity contribution in [1.29, 1.82) is 0 Å². The van der Waals surface area contributed by atoms with E-state index >= 15 is 0 Å². The molecule has 1 aliphatic carbocycles. The van der Waals surface area contributed by atoms with Gasteiger partial charge in [0.2, 0.25) is 5.91 Å². The van der Waals surface area contributed by atoms with Crippen LogP contribution in [-0.4, -0.2) is 42.3 Å². The van der Waals surface area contributed by atoms with Gasteiger partial charge in [-0.2, -0.15) is 0 Å². The summed E-state index contributed by atoms with van der Waals surface area (Å²) < 4.78 is 10.1. The first-order valence-corrected chi connectivity index (χ1v) is 8.89. The lowest BCUT2D eigenvalue weighted by Gasteiger charge is -2.32. The maximum atomic E-state index is 12.9. The Bertz CT molecular complexity index is 490. The molecule has 0 bridgehead atoms. The molecule has 1 aliphatic rings. The fourth-order valence-corrected chi connectivity index (χ4v) is 3.01. The van der Waals surface area contributed by atoms with E-state index in [2.05, 4.69) is 10.6 Å². The summed E-state index contributed by atoms with van der Waals surface area (Å²) in [5.41, 5.74) is -1.68. The van der Waals surface area contributed by atoms with E-state index in [-0.39, 0.29) is 11.8 Å². The van der Waals surface area contributed by atoms with Crippen molar-refractivity contribution in [3.8, 4) is 0 Å². The molecule has 2 N–H and O–H groups in total. The summed E-state index contributed by atoms with van der Waals surface area (Å²) in [6, 6.07) is -0.726. The van der Waals surface area contributed by atoms with E-state index in [4.69, 9.17) is 9.47 Å². The highest BCUT2D eigenvalue weighted by molar-refractivity contribution is 5.93. The molecule has 1 saturated carbocycles. The molecule has 7 heteroatoms. The topological polar surface area (TPSA) is 93.7 Å². The molecule has 0 saturated heterocycles. The molecule has 25 heavy (non-hydrogen) atoms. The second kappa shape index (κ2) is 8.54. The van der Waals surface area contributed by atoms with E-state index in [9.17, 15) is 14.4 Å². The van der Waals surface area contributed by atoms with E-state index < -0.39 is 29.2 Å². The second-order valence-corrected chi connectivity index (χ2v) is 8.09. The van der Waals surface area contributed by atoms with Crippen molar-refractivity contribution in [2.45, 2.75) is 83.9 Å². The Morgan fingerprint density at radius 2 is 1.68 bits per heavy atom. The fourth-order valence-electron chi connectivity index (χ4n) is 3.01. The highest BCUT2D eigenvalue weighted by atomic mass is 16.6. The number of rotatable bonds is 6. The normalized spacial score (nSPS) is 17.7. The highest BCUT2D eigenvalue weighted by Crippen LogP contribution is 2.30. The first-order chi connectivity index (χ1) is 11.5. The molecule has 2 amide bonds. The van der Waals surface area contributed by atoms with Gasteiger partial charge in [0.05, 0.1) is 7.11 Å². The van der Waals surface area contributed by atoms with E-state index in [0.717, 1.165) is 12.8 Å². The van der Waals surface area contributed by atoms with Crippen LogP contribution in [0, 0.1) is 5.92 Å². The second-order valence-electron chi connectivity index (χ2n) is 8.09. The zero-order valence-corrected chi connectivity index (χ0v) is 16.2. The van der Waals surface area contributed by atoms with Gasteiger partial charge in [0.25, 0.3) is 0 Å². The number of alkyl carbamates (subject to hydrolysis) is 1. The maximum absolute atomic E-state index is 12.9. The third kappa shape index (κ3) is 6.55. The molecule has 144 valence electrons. The van der Waals surface area contributed by atoms with Crippen LogP contribution in [0.1, 0.15) is 66.7 Å². The number of hydrogen-bond donors (Lipinski definition) is 2. The summed E-state index contributed by atoms with van der Waals surface area (Å²) in [4.78, 5) is 37.0. The lowest BCUT2D eigenvalue weighted by molar-refractivity contribution is -0.146. The van der Waals surface area contributed by atoms with Gasteiger partial charge in [-0.3, -0.25) is 4.79 Å². The van der Waals surface area contributed by atoms with Crippen LogP contribution < -0.4 is 10.6 Å². The summed E-state index contributed by atoms with van der Waals surface area (Å²) in [5, 5.41) is 5.51. The molecule has 0 spiro atoms. The predicted molar refractivity (Wildman–Crippen MR) is 94.0 cm³/mol. The molecule has 1 atom stereocenters. The number of hydrogen-bond acceptors (Lipinski definition) is 5. The molecule has 7 nitrogen and oxygen atoms in total. The Balaban J connectivity index is 2.87. The third-order valence-corrected chi connectivity index (χ3v) is 4.13. The number of nitrogens with one attached hydrogen (secondary N) is 2. The van der Waals surface area contributed by atoms with Gasteiger partial charge in [-0.05, 0) is 46.0 Å². The van der Waals surface area contributed by atoms with E-state index in [1.54, 1.807) is 20.8 Å². The standard InChI is InChI=1S/C18H32N2O5/c1-12(2)11-13(14(21)24-6)19-15(22)18(9-7-8-10-18)20-16(23)25-17(3,4)5/h12-13H,7-11H2,1-6H3,(H,19,22)(H,20,23)/t13-/m0/s1. The molecule has 0 aromatic heterocycles. The van der Waals surface area contributed by atoms with Gasteiger partial charge >= 0.3 is 12.1 Å². The van der Waals surface area contributed by atoms with Gasteiger partial charge in [-0.1, -0.05) is 26.7 Å². The zero-order chi connectivity index (χ0) is 19.3. The lowest BCUT2D eigenvalue weighted by atomic mass is 9.95. The number of amides is 2. The quantitative estimate of drug-likeness (QED) is 0.713. The van der Waals surface area contributed by atoms with Crippen LogP contribution in [0.4, 0.5) is 4.79 Å². The summed E-state index contributed by atoms with van der Waals surface area (Å²) in [5.74, 6) is -0.623. The van der Waals surface area contributed by atoms with E-state index in [1.165, 1.54) is 7.11 Å². The van der Waals surface area contributed by atoms with Gasteiger partial charge in [-0.25, -0.2) is 9.59 Å². The zero-order valence-electron chi connectivity index (χ0n) is 16.2. The Hall–Kier alpha value is -1.79. The monoisotopic (exact) mass is 356 g/mol. The average Bonchev–Trinajstić information content (AvgIpc) is 2.92. The Morgan fingerprint density at radius 3 is 2.12 bits per heavy atom. The average molecular weight is 356 g/mol. The van der Waals surface area contributed by atoms with Crippen LogP contribution in [0.2, 0.25) is 0 Å². The smallest absolute Gasteiger partial charge is 0.408 e. The van der Waals surface area contributed by atoms with Crippen molar-refractivity contribution in [1.82, 2.24) is 10.6 Å². The Kier molecular flexibility index (Phi) is 7.26. The van der Waals surface area contributed by atoms with Gasteiger partial charge in [-0.15, -0.1) is 0 Å². The molecule has 0 aliphatic heterocycles. The summed E-state index contributed by atoms with van der Waals surface area (Å²) >= 11 is 0. The van der Waals surface area contributed by atoms with Crippen molar-refractivity contribution in [2.24, 2.45) is 5.92 Å². The van der Waals surface area contributed by atoms with Gasteiger partial charge in [0, 0.05) is 0 Å². The van der Waals surface area contributed by atoms with Crippen LogP contribution in [0.3, 0.4) is 0 Å². The molecular weight excluding hydrogens is 324 g/mol. The Morgan fingerprint density at radius 1 is 1.12 bits per heavy atom. The van der Waals surface area contributed by atoms with Gasteiger partial charge < -0.3 is 20.1 Å². The number of ether oxygens (including phenoxy) is 2. The van der Waals surface area contributed by atoms with Crippen molar-refractivity contribution in [3.63, 3.8) is 0 Å². The fraction of sp³-hybridized carbons (Fsp3) is 0.833. The SMILES string of the molecule is COC(=O)[C@H](CC(C)C)NC(=O)C1(NC(=O)OC(C)(C)C)CCCC1. The first-order valence-electron chi connectivity index (χ1n) is 8.89. The first kappa shape index (κ1) is 21.3. The van der Waals surface area contributed by atoms with Crippen molar-refractivity contribution < 1.29 is 23.9 Å². The van der Waals surface area contributed by atoms with Gasteiger partial charge in [0.1, 0.15) is 17.2 Å². The minimum atomic E-state index is -1.04. The molecule has 1 rings (SSSR count). The van der Waals surface area contributed by atoms with Crippen molar-refractivity contribution in [3.05, 3.63) is 0 Å². The summed E-state index contributed by atoms with van der Waals surface area (Å²) in [7, 11) is 1.30. The summed E-state index contributed by atoms with van der Waals surface area (Å²) in [6.45, 7) is 9.23. The third-order valence-electron chi connectivity index (χ3n) is 4.13. The largest absolute Gasteiger partial charge is 0.467 e. The molecule has 0 aromatic rings. The number of carbonyl (C=O) groups excluding carboxylic acids is 3. The minimum absolute atomic E-state index is 0.211.